The van der Waals surface area contributed by atoms with Crippen LogP contribution in [0.3, 0.4) is 0 Å². The van der Waals surface area contributed by atoms with Gasteiger partial charge in [0.25, 0.3) is 0 Å². The second kappa shape index (κ2) is 30.4. The fourth-order valence-electron chi connectivity index (χ4n) is 0. The van der Waals surface area contributed by atoms with Gasteiger partial charge in [-0.05, 0) is 0 Å². The van der Waals surface area contributed by atoms with Gasteiger partial charge in [-0.3, -0.25) is 8.42 Å². The fourth-order valence-corrected chi connectivity index (χ4v) is 0. The van der Waals surface area contributed by atoms with Gasteiger partial charge in [-0.25, -0.2) is 0 Å². The molecule has 0 rings (SSSR count). The molecule has 10 nitrogen and oxygen atoms in total. The van der Waals surface area contributed by atoms with Crippen LogP contribution in [-0.4, -0.2) is 17.5 Å². The molecule has 0 heterocycles. The molecule has 0 spiro atoms. The summed E-state index contributed by atoms with van der Waals surface area (Å²) in [6, 6.07) is 0. The zero-order chi connectivity index (χ0) is 4.50. The molecule has 0 N–H and O–H groups in total. The van der Waals surface area contributed by atoms with E-state index in [2.05, 4.69) is 0 Å². The van der Waals surface area contributed by atoms with Crippen LogP contribution in [0.4, 0.5) is 0 Å². The second-order valence-corrected chi connectivity index (χ2v) is 1.22. The minimum absolute atomic E-state index is 0. The zero-order valence-corrected chi connectivity index (χ0v) is 6.92. The van der Waals surface area contributed by atoms with Crippen LogP contribution in [0.25, 0.3) is 0 Å². The minimum atomic E-state index is -5.17. The van der Waals surface area contributed by atoms with Gasteiger partial charge in [-0.15, -0.1) is 0 Å². The zero-order valence-electron chi connectivity index (χ0n) is 5.06. The van der Waals surface area contributed by atoms with Gasteiger partial charge < -0.3 is 9.11 Å². The molecule has 0 aliphatic heterocycles. The van der Waals surface area contributed by atoms with Crippen molar-refractivity contribution < 1.29 is 34.3 Å². The van der Waals surface area contributed by atoms with Crippen molar-refractivity contribution in [2.45, 2.75) is 0 Å². The van der Waals surface area contributed by atoms with Gasteiger partial charge in [0.1, 0.15) is 0 Å². The summed E-state index contributed by atoms with van der Waals surface area (Å²) in [5, 5.41) is 0. The molecule has 0 fully saturated rings. The molecule has 0 saturated heterocycles. The topological polar surface area (TPSA) is 263 Å². The van der Waals surface area contributed by atoms with E-state index in [1.54, 1.807) is 0 Å². The van der Waals surface area contributed by atoms with E-state index < -0.39 is 10.4 Å². The first-order chi connectivity index (χ1) is 2.00. The third-order valence-electron chi connectivity index (χ3n) is 0. The maximum Gasteiger partial charge on any atom is 2.00 e. The Morgan fingerprint density at radius 1 is 0.667 bits per heavy atom. The Hall–Kier alpha value is 0.136. The molecule has 12 heavy (non-hydrogen) atoms. The first-order valence-corrected chi connectivity index (χ1v) is 2.00. The van der Waals surface area contributed by atoms with Crippen molar-refractivity contribution in [3.05, 3.63) is 0 Å². The summed E-state index contributed by atoms with van der Waals surface area (Å²) < 4.78 is 34.1. The Labute approximate surface area is 82.1 Å². The van der Waals surface area contributed by atoms with Gasteiger partial charge in [-0.2, -0.15) is 0 Å². The minimum Gasteiger partial charge on any atom is -0.759 e. The molecule has 0 aromatic heterocycles. The van der Waals surface area contributed by atoms with Crippen LogP contribution >= 0.6 is 0 Å². The molecule has 0 atom stereocenters. The molecule has 69 valence electrons. The van der Waals surface area contributed by atoms with Crippen molar-refractivity contribution in [3.63, 3.8) is 0 Å². The van der Waals surface area contributed by atoms with Crippen LogP contribution in [-0.2, 0) is 27.2 Å². The fraction of sp³-hybridized carbons (Fsp3) is 0. The standard InChI is InChI=1S/Co.6N.H2O4S/c;;;;;;;1-5(2,3)4/h;;;;;;;(H2,1,2,3,4)/q+2;;;;;;;/p-2. The third kappa shape index (κ3) is 45400. The first kappa shape index (κ1) is 88.0. The normalized spacial score (nSPS) is 4.83. The van der Waals surface area contributed by atoms with Crippen LogP contribution < -0.4 is 36.9 Å². The van der Waals surface area contributed by atoms with Crippen molar-refractivity contribution in [3.8, 4) is 0 Å². The van der Waals surface area contributed by atoms with E-state index in [4.69, 9.17) is 17.5 Å². The number of nitrogens with zero attached hydrogens (tertiary/aromatic N) is 6. The number of rotatable bonds is 0. The Morgan fingerprint density at radius 3 is 0.667 bits per heavy atom. The summed E-state index contributed by atoms with van der Waals surface area (Å²) in [5.74, 6) is 0. The molecule has 0 saturated carbocycles. The molecule has 12 heteroatoms. The number of hydrogen-bond donors (Lipinski definition) is 0. The molecular weight excluding hydrogens is 239 g/mol. The molecule has 0 bridgehead atoms. The smallest absolute Gasteiger partial charge is 0.759 e. The van der Waals surface area contributed by atoms with Gasteiger partial charge in [0.05, 0.1) is 0 Å². The Balaban J connectivity index is -0.00000000381. The van der Waals surface area contributed by atoms with E-state index in [1.807, 2.05) is 0 Å². The van der Waals surface area contributed by atoms with E-state index >= 15 is 0 Å². The monoisotopic (exact) mass is 239 g/mol. The summed E-state index contributed by atoms with van der Waals surface area (Å²) in [6.07, 6.45) is 0. The van der Waals surface area contributed by atoms with E-state index in [1.165, 1.54) is 0 Å². The quantitative estimate of drug-likeness (QED) is 0.300. The van der Waals surface area contributed by atoms with Crippen LogP contribution in [0.15, 0.2) is 0 Å². The van der Waals surface area contributed by atoms with E-state index in [0.29, 0.717) is 0 Å². The number of hydrogen-bond acceptors (Lipinski definition) is 4. The Kier molecular flexibility index (Phi) is 223. The SMILES string of the molecule is O=S(=O)([O-])[O-].[Co+2].[N].[N].[N].[N].[N].[N]. The van der Waals surface area contributed by atoms with Crippen molar-refractivity contribution in [1.82, 2.24) is 36.9 Å². The van der Waals surface area contributed by atoms with Crippen LogP contribution in [0.5, 0.6) is 0 Å². The summed E-state index contributed by atoms with van der Waals surface area (Å²) in [6.45, 7) is 0. The van der Waals surface area contributed by atoms with Crippen LogP contribution in [0, 0.1) is 0 Å². The molecule has 0 unspecified atom stereocenters. The van der Waals surface area contributed by atoms with Gasteiger partial charge >= 0.3 is 16.8 Å². The predicted octanol–water partition coefficient (Wildman–Crippen LogP) is -4.22. The van der Waals surface area contributed by atoms with Gasteiger partial charge in [-0.1, -0.05) is 0 Å². The van der Waals surface area contributed by atoms with Crippen molar-refractivity contribution in [2.24, 2.45) is 0 Å². The molecule has 0 aliphatic carbocycles. The van der Waals surface area contributed by atoms with Gasteiger partial charge in [0.15, 0.2) is 0 Å². The first-order valence-electron chi connectivity index (χ1n) is 0.667. The molecule has 19 radical (unpaired) electrons. The molecule has 0 aromatic carbocycles. The maximum atomic E-state index is 8.52. The average molecular weight is 239 g/mol. The summed E-state index contributed by atoms with van der Waals surface area (Å²) in [7, 11) is -5.17. The van der Waals surface area contributed by atoms with Gasteiger partial charge in [0, 0.05) is 47.3 Å². The maximum absolute atomic E-state index is 8.52. The summed E-state index contributed by atoms with van der Waals surface area (Å²) >= 11 is 0. The molecule has 0 amide bonds. The third-order valence-corrected chi connectivity index (χ3v) is 0. The predicted molar refractivity (Wildman–Crippen MR) is 23.3 cm³/mol. The van der Waals surface area contributed by atoms with Crippen LogP contribution in [0.2, 0.25) is 0 Å². The van der Waals surface area contributed by atoms with Crippen molar-refractivity contribution in [1.29, 1.82) is 0 Å². The van der Waals surface area contributed by atoms with E-state index in [9.17, 15) is 0 Å². The largest absolute Gasteiger partial charge is 2.00 e. The van der Waals surface area contributed by atoms with E-state index in [0.717, 1.165) is 0 Å². The van der Waals surface area contributed by atoms with E-state index in [-0.39, 0.29) is 53.7 Å². The van der Waals surface area contributed by atoms with Gasteiger partial charge in [0.2, 0.25) is 0 Å². The summed E-state index contributed by atoms with van der Waals surface area (Å²) in [5.41, 5.74) is 0. The Morgan fingerprint density at radius 2 is 0.667 bits per heavy atom. The van der Waals surface area contributed by atoms with Crippen LogP contribution in [0.1, 0.15) is 0 Å². The molecule has 0 aliphatic rings. The van der Waals surface area contributed by atoms with Crippen molar-refractivity contribution >= 4 is 10.4 Å². The molecule has 0 aromatic rings. The Bertz CT molecular complexity index is 103. The average Bonchev–Trinajstić information content (AvgIpc) is 0.722. The summed E-state index contributed by atoms with van der Waals surface area (Å²) in [4.78, 5) is 0. The molecular formula is CoN6O4S. The second-order valence-electron chi connectivity index (χ2n) is 0.408. The van der Waals surface area contributed by atoms with Crippen molar-refractivity contribution in [2.75, 3.05) is 0 Å².